The maximum atomic E-state index is 12.9. The highest BCUT2D eigenvalue weighted by Gasteiger charge is 2.29. The Hall–Kier alpha value is -3.17. The number of hydrogen-bond donors (Lipinski definition) is 2. The van der Waals surface area contributed by atoms with Gasteiger partial charge in [0.1, 0.15) is 18.0 Å². The molecule has 0 amide bonds. The van der Waals surface area contributed by atoms with Gasteiger partial charge in [0.15, 0.2) is 0 Å². The molecule has 8 nitrogen and oxygen atoms in total. The third kappa shape index (κ3) is 4.37. The molecule has 1 aliphatic carbocycles. The number of nitrogens with zero attached hydrogens (tertiary/aromatic N) is 2. The Labute approximate surface area is 174 Å². The molecule has 2 N–H and O–H groups in total. The number of benzene rings is 2. The average molecular weight is 427 g/mol. The number of hydrogen-bond acceptors (Lipinski definition) is 5. The Morgan fingerprint density at radius 2 is 1.83 bits per heavy atom. The Morgan fingerprint density at radius 1 is 1.13 bits per heavy atom. The standard InChI is InChI=1S/C21H21N3O5S/c25-21(26)14-24-20-8-4-7-19(18(20)13-22-24)23-30(27,28)17-11-9-16(10-12-17)29-15-5-2-1-3-6-15/h1-3,5-6,9-13,19,23H,4,7-8,14H2,(H,25,26). The topological polar surface area (TPSA) is 111 Å². The van der Waals surface area contributed by atoms with Gasteiger partial charge in [-0.2, -0.15) is 5.10 Å². The molecular formula is C21H21N3O5S. The van der Waals surface area contributed by atoms with Gasteiger partial charge in [-0.1, -0.05) is 18.2 Å². The number of fused-ring (bicyclic) bond motifs is 1. The van der Waals surface area contributed by atoms with Gasteiger partial charge in [0.05, 0.1) is 17.1 Å². The fraction of sp³-hybridized carbons (Fsp3) is 0.238. The molecule has 1 aromatic heterocycles. The number of carbonyl (C=O) groups is 1. The molecule has 156 valence electrons. The monoisotopic (exact) mass is 427 g/mol. The van der Waals surface area contributed by atoms with E-state index in [1.54, 1.807) is 18.3 Å². The van der Waals surface area contributed by atoms with Gasteiger partial charge in [0.25, 0.3) is 0 Å². The zero-order chi connectivity index (χ0) is 21.1. The zero-order valence-corrected chi connectivity index (χ0v) is 16.9. The van der Waals surface area contributed by atoms with E-state index in [4.69, 9.17) is 9.84 Å². The Bertz CT molecular complexity index is 1140. The maximum absolute atomic E-state index is 12.9. The molecule has 2 aromatic carbocycles. The molecule has 0 aliphatic heterocycles. The molecule has 1 unspecified atom stereocenters. The highest BCUT2D eigenvalue weighted by Crippen LogP contribution is 2.31. The predicted octanol–water partition coefficient (Wildman–Crippen LogP) is 3.12. The van der Waals surface area contributed by atoms with E-state index < -0.39 is 22.0 Å². The van der Waals surface area contributed by atoms with Crippen LogP contribution in [0.25, 0.3) is 0 Å². The van der Waals surface area contributed by atoms with Crippen LogP contribution in [0.1, 0.15) is 30.1 Å². The van der Waals surface area contributed by atoms with Crippen molar-refractivity contribution in [1.29, 1.82) is 0 Å². The largest absolute Gasteiger partial charge is 0.480 e. The van der Waals surface area contributed by atoms with Crippen molar-refractivity contribution < 1.29 is 23.1 Å². The van der Waals surface area contributed by atoms with E-state index in [1.807, 2.05) is 30.3 Å². The van der Waals surface area contributed by atoms with Crippen molar-refractivity contribution in [1.82, 2.24) is 14.5 Å². The molecule has 1 atom stereocenters. The molecule has 9 heteroatoms. The number of rotatable bonds is 7. The van der Waals surface area contributed by atoms with Crippen molar-refractivity contribution >= 4 is 16.0 Å². The lowest BCUT2D eigenvalue weighted by Crippen LogP contribution is -2.31. The zero-order valence-electron chi connectivity index (χ0n) is 16.1. The Kier molecular flexibility index (Phi) is 5.56. The van der Waals surface area contributed by atoms with Crippen LogP contribution >= 0.6 is 0 Å². The van der Waals surface area contributed by atoms with Crippen LogP contribution in [0, 0.1) is 0 Å². The van der Waals surface area contributed by atoms with E-state index in [0.29, 0.717) is 24.3 Å². The number of carboxylic acid groups (broad SMARTS) is 1. The third-order valence-electron chi connectivity index (χ3n) is 4.96. The molecule has 30 heavy (non-hydrogen) atoms. The molecule has 0 saturated carbocycles. The van der Waals surface area contributed by atoms with Crippen molar-refractivity contribution in [3.8, 4) is 11.5 Å². The van der Waals surface area contributed by atoms with Crippen LogP contribution in [-0.2, 0) is 27.8 Å². The summed E-state index contributed by atoms with van der Waals surface area (Å²) in [4.78, 5) is 11.1. The summed E-state index contributed by atoms with van der Waals surface area (Å²) in [6.45, 7) is -0.238. The van der Waals surface area contributed by atoms with Crippen molar-refractivity contribution in [2.75, 3.05) is 0 Å². The van der Waals surface area contributed by atoms with Gasteiger partial charge in [-0.25, -0.2) is 13.1 Å². The summed E-state index contributed by atoms with van der Waals surface area (Å²) in [5.74, 6) is 0.218. The summed E-state index contributed by atoms with van der Waals surface area (Å²) in [5.41, 5.74) is 1.50. The second kappa shape index (κ2) is 8.29. The molecular weight excluding hydrogens is 406 g/mol. The van der Waals surface area contributed by atoms with Gasteiger partial charge < -0.3 is 9.84 Å². The van der Waals surface area contributed by atoms with Crippen LogP contribution in [0.3, 0.4) is 0 Å². The van der Waals surface area contributed by atoms with Crippen LogP contribution < -0.4 is 9.46 Å². The molecule has 1 aliphatic rings. The third-order valence-corrected chi connectivity index (χ3v) is 6.45. The van der Waals surface area contributed by atoms with Crippen LogP contribution in [0.2, 0.25) is 0 Å². The molecule has 0 fully saturated rings. The first kappa shape index (κ1) is 20.1. The molecule has 0 saturated heterocycles. The fourth-order valence-electron chi connectivity index (χ4n) is 3.57. The minimum atomic E-state index is -3.76. The van der Waals surface area contributed by atoms with Crippen molar-refractivity contribution in [3.05, 3.63) is 72.1 Å². The van der Waals surface area contributed by atoms with Gasteiger partial charge in [-0.05, 0) is 55.7 Å². The van der Waals surface area contributed by atoms with Crippen molar-refractivity contribution in [3.63, 3.8) is 0 Å². The quantitative estimate of drug-likeness (QED) is 0.599. The van der Waals surface area contributed by atoms with Crippen LogP contribution in [0.4, 0.5) is 0 Å². The normalized spacial score (nSPS) is 16.1. The minimum absolute atomic E-state index is 0.132. The van der Waals surface area contributed by atoms with Crippen LogP contribution in [0.15, 0.2) is 65.7 Å². The highest BCUT2D eigenvalue weighted by atomic mass is 32.2. The number of ether oxygens (including phenoxy) is 1. The lowest BCUT2D eigenvalue weighted by molar-refractivity contribution is -0.137. The maximum Gasteiger partial charge on any atom is 0.325 e. The lowest BCUT2D eigenvalue weighted by atomic mass is 9.94. The summed E-state index contributed by atoms with van der Waals surface area (Å²) in [7, 11) is -3.76. The molecule has 3 aromatic rings. The molecule has 4 rings (SSSR count). The summed E-state index contributed by atoms with van der Waals surface area (Å²) < 4.78 is 35.6. The number of carboxylic acids is 1. The van der Waals surface area contributed by atoms with Gasteiger partial charge >= 0.3 is 5.97 Å². The highest BCUT2D eigenvalue weighted by molar-refractivity contribution is 7.89. The number of sulfonamides is 1. The van der Waals surface area contributed by atoms with Gasteiger partial charge in [-0.15, -0.1) is 0 Å². The number of aliphatic carboxylic acids is 1. The molecule has 0 radical (unpaired) electrons. The first-order chi connectivity index (χ1) is 14.4. The van der Waals surface area contributed by atoms with E-state index in [0.717, 1.165) is 17.7 Å². The average Bonchev–Trinajstić information content (AvgIpc) is 3.12. The van der Waals surface area contributed by atoms with Gasteiger partial charge in [0, 0.05) is 11.3 Å². The second-order valence-electron chi connectivity index (χ2n) is 7.05. The molecule has 0 bridgehead atoms. The minimum Gasteiger partial charge on any atom is -0.480 e. The van der Waals surface area contributed by atoms with E-state index >= 15 is 0 Å². The second-order valence-corrected chi connectivity index (χ2v) is 8.76. The van der Waals surface area contributed by atoms with Gasteiger partial charge in [0.2, 0.25) is 10.0 Å². The lowest BCUT2D eigenvalue weighted by Gasteiger charge is -2.24. The summed E-state index contributed by atoms with van der Waals surface area (Å²) >= 11 is 0. The number of aromatic nitrogens is 2. The summed E-state index contributed by atoms with van der Waals surface area (Å²) in [6.07, 6.45) is 3.60. The number of para-hydroxylation sites is 1. The Morgan fingerprint density at radius 3 is 2.53 bits per heavy atom. The van der Waals surface area contributed by atoms with Crippen molar-refractivity contribution in [2.45, 2.75) is 36.7 Å². The fourth-order valence-corrected chi connectivity index (χ4v) is 4.82. The van der Waals surface area contributed by atoms with Gasteiger partial charge in [-0.3, -0.25) is 9.48 Å². The van der Waals surface area contributed by atoms with Crippen LogP contribution in [-0.4, -0.2) is 29.3 Å². The first-order valence-electron chi connectivity index (χ1n) is 9.54. The van der Waals surface area contributed by atoms with Crippen molar-refractivity contribution in [2.24, 2.45) is 0 Å². The van der Waals surface area contributed by atoms with E-state index in [-0.39, 0.29) is 11.4 Å². The SMILES string of the molecule is O=C(O)Cn1ncc2c1CCCC2NS(=O)(=O)c1ccc(Oc2ccccc2)cc1. The molecule has 1 heterocycles. The number of nitrogens with one attached hydrogen (secondary N) is 1. The smallest absolute Gasteiger partial charge is 0.325 e. The first-order valence-corrected chi connectivity index (χ1v) is 11.0. The molecule has 0 spiro atoms. The summed E-state index contributed by atoms with van der Waals surface area (Å²) in [5, 5.41) is 13.1. The predicted molar refractivity (Wildman–Crippen MR) is 109 cm³/mol. The summed E-state index contributed by atoms with van der Waals surface area (Å²) in [6, 6.07) is 15.0. The van der Waals surface area contributed by atoms with E-state index in [2.05, 4.69) is 9.82 Å². The van der Waals surface area contributed by atoms with E-state index in [1.165, 1.54) is 16.8 Å². The van der Waals surface area contributed by atoms with E-state index in [9.17, 15) is 13.2 Å². The van der Waals surface area contributed by atoms with Crippen LogP contribution in [0.5, 0.6) is 11.5 Å². The Balaban J connectivity index is 1.50.